The third kappa shape index (κ3) is 2.13. The van der Waals surface area contributed by atoms with Crippen LogP contribution in [-0.4, -0.2) is 31.2 Å². The van der Waals surface area contributed by atoms with E-state index in [0.717, 1.165) is 0 Å². The first-order valence-corrected chi connectivity index (χ1v) is 2.90. The molecule has 3 heteroatoms. The van der Waals surface area contributed by atoms with Crippen LogP contribution in [-0.2, 0) is 9.47 Å². The molecule has 1 atom stereocenters. The van der Waals surface area contributed by atoms with E-state index in [0.29, 0.717) is 13.4 Å². The fourth-order valence-electron chi connectivity index (χ4n) is 0.672. The molecule has 1 saturated heterocycles. The number of aliphatic hydroxyl groups excluding tert-OH is 1. The van der Waals surface area contributed by atoms with Gasteiger partial charge in [-0.3, -0.25) is 0 Å². The molecule has 0 saturated carbocycles. The number of ether oxygens (including phenoxy) is 2. The molecule has 1 fully saturated rings. The van der Waals surface area contributed by atoms with Gasteiger partial charge in [-0.25, -0.2) is 0 Å². The highest BCUT2D eigenvalue weighted by molar-refractivity contribution is 4.90. The van der Waals surface area contributed by atoms with Gasteiger partial charge < -0.3 is 14.6 Å². The third-order valence-electron chi connectivity index (χ3n) is 1.10. The zero-order valence-electron chi connectivity index (χ0n) is 5.12. The number of hydrogen-bond donors (Lipinski definition) is 1. The van der Waals surface area contributed by atoms with Crippen molar-refractivity contribution in [3.63, 3.8) is 0 Å². The maximum absolute atomic E-state index is 8.34. The van der Waals surface area contributed by atoms with Crippen molar-refractivity contribution in [3.05, 3.63) is 12.2 Å². The van der Waals surface area contributed by atoms with E-state index in [1.54, 1.807) is 12.2 Å². The highest BCUT2D eigenvalue weighted by Gasteiger charge is 2.10. The summed E-state index contributed by atoms with van der Waals surface area (Å²) >= 11 is 0. The highest BCUT2D eigenvalue weighted by Crippen LogP contribution is 2.02. The zero-order chi connectivity index (χ0) is 6.53. The summed E-state index contributed by atoms with van der Waals surface area (Å²) in [7, 11) is 0. The van der Waals surface area contributed by atoms with Gasteiger partial charge >= 0.3 is 0 Å². The molecule has 9 heavy (non-hydrogen) atoms. The van der Waals surface area contributed by atoms with Gasteiger partial charge in [0.15, 0.2) is 0 Å². The van der Waals surface area contributed by atoms with Gasteiger partial charge in [-0.05, 0) is 0 Å². The first-order valence-electron chi connectivity index (χ1n) is 2.90. The minimum absolute atomic E-state index is 0.0529. The van der Waals surface area contributed by atoms with Crippen LogP contribution in [0.5, 0.6) is 0 Å². The van der Waals surface area contributed by atoms with Crippen LogP contribution in [0.2, 0.25) is 0 Å². The largest absolute Gasteiger partial charge is 0.392 e. The lowest BCUT2D eigenvalue weighted by molar-refractivity contribution is 0.0571. The molecule has 3 nitrogen and oxygen atoms in total. The van der Waals surface area contributed by atoms with E-state index < -0.39 is 0 Å². The standard InChI is InChI=1S/C6H10O3/c7-3-1-2-6-4-8-5-9-6/h1-2,6-7H,3-5H2. The predicted molar refractivity (Wildman–Crippen MR) is 31.9 cm³/mol. The Labute approximate surface area is 53.9 Å². The number of hydrogen-bond acceptors (Lipinski definition) is 3. The lowest BCUT2D eigenvalue weighted by atomic mass is 10.3. The first kappa shape index (κ1) is 6.74. The minimum atomic E-state index is 0.0529. The van der Waals surface area contributed by atoms with Crippen LogP contribution < -0.4 is 0 Å². The Kier molecular flexibility index (Phi) is 2.70. The van der Waals surface area contributed by atoms with Crippen molar-refractivity contribution in [2.45, 2.75) is 6.10 Å². The second-order valence-electron chi connectivity index (χ2n) is 1.80. The van der Waals surface area contributed by atoms with Gasteiger partial charge in [0, 0.05) is 0 Å². The summed E-state index contributed by atoms with van der Waals surface area (Å²) < 4.78 is 9.93. The van der Waals surface area contributed by atoms with Crippen LogP contribution in [0.4, 0.5) is 0 Å². The van der Waals surface area contributed by atoms with Crippen molar-refractivity contribution in [2.24, 2.45) is 0 Å². The number of rotatable bonds is 2. The molecular weight excluding hydrogens is 120 g/mol. The van der Waals surface area contributed by atoms with Gasteiger partial charge in [-0.15, -0.1) is 0 Å². The Bertz CT molecular complexity index is 94.5. The van der Waals surface area contributed by atoms with Crippen molar-refractivity contribution < 1.29 is 14.6 Å². The van der Waals surface area contributed by atoms with Crippen molar-refractivity contribution >= 4 is 0 Å². The molecule has 0 aromatic rings. The average molecular weight is 130 g/mol. The third-order valence-corrected chi connectivity index (χ3v) is 1.10. The quantitative estimate of drug-likeness (QED) is 0.531. The second-order valence-corrected chi connectivity index (χ2v) is 1.80. The molecule has 0 amide bonds. The lowest BCUT2D eigenvalue weighted by Crippen LogP contribution is -2.04. The number of aliphatic hydroxyl groups is 1. The van der Waals surface area contributed by atoms with Gasteiger partial charge in [-0.2, -0.15) is 0 Å². The van der Waals surface area contributed by atoms with Gasteiger partial charge in [0.2, 0.25) is 0 Å². The lowest BCUT2D eigenvalue weighted by Gasteiger charge is -1.96. The van der Waals surface area contributed by atoms with Crippen molar-refractivity contribution in [1.29, 1.82) is 0 Å². The maximum Gasteiger partial charge on any atom is 0.147 e. The molecule has 52 valence electrons. The molecule has 1 rings (SSSR count). The summed E-state index contributed by atoms with van der Waals surface area (Å²) in [4.78, 5) is 0. The van der Waals surface area contributed by atoms with E-state index in [4.69, 9.17) is 14.6 Å². The molecule has 0 aliphatic carbocycles. The summed E-state index contributed by atoms with van der Waals surface area (Å²) in [6.45, 7) is 1.05. The Morgan fingerprint density at radius 3 is 3.11 bits per heavy atom. The Morgan fingerprint density at radius 2 is 2.56 bits per heavy atom. The molecule has 0 radical (unpaired) electrons. The highest BCUT2D eigenvalue weighted by atomic mass is 16.7. The summed E-state index contributed by atoms with van der Waals surface area (Å²) in [6, 6.07) is 0. The Hall–Kier alpha value is -0.380. The zero-order valence-corrected chi connectivity index (χ0v) is 5.12. The van der Waals surface area contributed by atoms with Gasteiger partial charge in [0.1, 0.15) is 12.9 Å². The van der Waals surface area contributed by atoms with Crippen LogP contribution >= 0.6 is 0 Å². The van der Waals surface area contributed by atoms with Crippen LogP contribution in [0.25, 0.3) is 0 Å². The molecule has 1 aliphatic rings. The molecular formula is C6H10O3. The predicted octanol–water partition coefficient (Wildman–Crippen LogP) is -0.0922. The molecule has 1 aliphatic heterocycles. The van der Waals surface area contributed by atoms with E-state index >= 15 is 0 Å². The van der Waals surface area contributed by atoms with E-state index in [2.05, 4.69) is 0 Å². The normalized spacial score (nSPS) is 27.9. The minimum Gasteiger partial charge on any atom is -0.392 e. The molecule has 1 N–H and O–H groups in total. The van der Waals surface area contributed by atoms with Crippen molar-refractivity contribution in [3.8, 4) is 0 Å². The summed E-state index contributed by atoms with van der Waals surface area (Å²) in [5.74, 6) is 0. The summed E-state index contributed by atoms with van der Waals surface area (Å²) in [6.07, 6.45) is 3.50. The van der Waals surface area contributed by atoms with E-state index in [9.17, 15) is 0 Å². The van der Waals surface area contributed by atoms with Crippen LogP contribution in [0.1, 0.15) is 0 Å². The molecule has 0 bridgehead atoms. The second kappa shape index (κ2) is 3.61. The summed E-state index contributed by atoms with van der Waals surface area (Å²) in [5, 5.41) is 8.34. The Balaban J connectivity index is 2.18. The van der Waals surface area contributed by atoms with E-state index in [1.807, 2.05) is 0 Å². The monoisotopic (exact) mass is 130 g/mol. The Morgan fingerprint density at radius 1 is 1.67 bits per heavy atom. The van der Waals surface area contributed by atoms with Crippen molar-refractivity contribution in [1.82, 2.24) is 0 Å². The molecule has 0 aromatic heterocycles. The SMILES string of the molecule is OCC=CC1COCO1. The van der Waals surface area contributed by atoms with Gasteiger partial charge in [-0.1, -0.05) is 12.2 Å². The van der Waals surface area contributed by atoms with Gasteiger partial charge in [0.25, 0.3) is 0 Å². The van der Waals surface area contributed by atoms with Crippen molar-refractivity contribution in [2.75, 3.05) is 20.0 Å². The topological polar surface area (TPSA) is 38.7 Å². The molecule has 1 unspecified atom stereocenters. The first-order chi connectivity index (χ1) is 4.43. The fourth-order valence-corrected chi connectivity index (χ4v) is 0.672. The van der Waals surface area contributed by atoms with Crippen LogP contribution in [0.3, 0.4) is 0 Å². The maximum atomic E-state index is 8.34. The van der Waals surface area contributed by atoms with Crippen LogP contribution in [0, 0.1) is 0 Å². The smallest absolute Gasteiger partial charge is 0.147 e. The van der Waals surface area contributed by atoms with E-state index in [-0.39, 0.29) is 12.7 Å². The van der Waals surface area contributed by atoms with Gasteiger partial charge in [0.05, 0.1) is 13.2 Å². The average Bonchev–Trinajstić information content (AvgIpc) is 2.34. The molecule has 0 spiro atoms. The molecule has 0 aromatic carbocycles. The van der Waals surface area contributed by atoms with Crippen LogP contribution in [0.15, 0.2) is 12.2 Å². The fraction of sp³-hybridized carbons (Fsp3) is 0.667. The molecule has 1 heterocycles. The summed E-state index contributed by atoms with van der Waals surface area (Å²) in [5.41, 5.74) is 0. The van der Waals surface area contributed by atoms with E-state index in [1.165, 1.54) is 0 Å².